The van der Waals surface area contributed by atoms with Crippen molar-refractivity contribution < 1.29 is 9.53 Å². The number of methoxy groups -OCH3 is 1. The molecule has 6 nitrogen and oxygen atoms in total. The van der Waals surface area contributed by atoms with Gasteiger partial charge in [-0.05, 0) is 24.3 Å². The second kappa shape index (κ2) is 5.69. The summed E-state index contributed by atoms with van der Waals surface area (Å²) >= 11 is 0. The summed E-state index contributed by atoms with van der Waals surface area (Å²) in [7, 11) is 1.52. The summed E-state index contributed by atoms with van der Waals surface area (Å²) in [4.78, 5) is 31.5. The van der Waals surface area contributed by atoms with Crippen molar-refractivity contribution in [2.75, 3.05) is 12.4 Å². The summed E-state index contributed by atoms with van der Waals surface area (Å²) in [5.41, 5.74) is 0.831. The van der Waals surface area contributed by atoms with E-state index in [2.05, 4.69) is 15.3 Å². The van der Waals surface area contributed by atoms with Crippen LogP contribution >= 0.6 is 0 Å². The van der Waals surface area contributed by atoms with E-state index < -0.39 is 5.91 Å². The van der Waals surface area contributed by atoms with E-state index >= 15 is 0 Å². The Morgan fingerprint density at radius 1 is 1.23 bits per heavy atom. The molecule has 0 fully saturated rings. The number of nitrogens with zero attached hydrogens (tertiary/aromatic N) is 1. The Hall–Kier alpha value is -3.15. The Bertz CT molecular complexity index is 888. The number of aromatic amines is 1. The number of para-hydroxylation sites is 1. The molecule has 3 rings (SSSR count). The minimum Gasteiger partial charge on any atom is -0.495 e. The first kappa shape index (κ1) is 13.8. The molecule has 6 heteroatoms. The van der Waals surface area contributed by atoms with Gasteiger partial charge in [0.25, 0.3) is 5.91 Å². The number of hydrogen-bond acceptors (Lipinski definition) is 4. The Balaban J connectivity index is 2.03. The fourth-order valence-corrected chi connectivity index (χ4v) is 2.20. The molecule has 2 aromatic heterocycles. The van der Waals surface area contributed by atoms with Crippen LogP contribution in [-0.2, 0) is 0 Å². The van der Waals surface area contributed by atoms with Crippen molar-refractivity contribution in [3.8, 4) is 5.75 Å². The third-order valence-electron chi connectivity index (χ3n) is 3.28. The predicted octanol–water partition coefficient (Wildman–Crippen LogP) is 2.18. The number of benzene rings is 1. The highest BCUT2D eigenvalue weighted by molar-refractivity contribution is 6.05. The van der Waals surface area contributed by atoms with Gasteiger partial charge in [0.1, 0.15) is 11.3 Å². The van der Waals surface area contributed by atoms with Crippen LogP contribution in [-0.4, -0.2) is 23.0 Å². The van der Waals surface area contributed by atoms with Gasteiger partial charge in [0, 0.05) is 24.3 Å². The van der Waals surface area contributed by atoms with Gasteiger partial charge in [-0.3, -0.25) is 14.6 Å². The standard InChI is InChI=1S/C16H13N3O3/c1-22-13-4-2-3-11-14(13)18-9-12(15(11)20)16(21)19-10-5-7-17-8-6-10/h2-9H,1H3,(H,18,20)(H,17,19,21). The Morgan fingerprint density at radius 2 is 2.00 bits per heavy atom. The average molecular weight is 295 g/mol. The SMILES string of the molecule is COc1cccc2c(=O)c(C(=O)Nc3ccncc3)c[nH]c12. The topological polar surface area (TPSA) is 84.1 Å². The van der Waals surface area contributed by atoms with Crippen molar-refractivity contribution in [2.45, 2.75) is 0 Å². The van der Waals surface area contributed by atoms with Crippen LogP contribution in [0, 0.1) is 0 Å². The highest BCUT2D eigenvalue weighted by Gasteiger charge is 2.14. The van der Waals surface area contributed by atoms with Crippen molar-refractivity contribution >= 4 is 22.5 Å². The summed E-state index contributed by atoms with van der Waals surface area (Å²) in [5, 5.41) is 3.07. The van der Waals surface area contributed by atoms with Gasteiger partial charge in [-0.15, -0.1) is 0 Å². The molecule has 0 radical (unpaired) electrons. The van der Waals surface area contributed by atoms with E-state index in [-0.39, 0.29) is 11.0 Å². The Morgan fingerprint density at radius 3 is 2.73 bits per heavy atom. The Kier molecular flexibility index (Phi) is 3.57. The van der Waals surface area contributed by atoms with Gasteiger partial charge in [-0.25, -0.2) is 0 Å². The summed E-state index contributed by atoms with van der Waals surface area (Å²) < 4.78 is 5.20. The zero-order valence-corrected chi connectivity index (χ0v) is 11.8. The van der Waals surface area contributed by atoms with Crippen LogP contribution in [0.4, 0.5) is 5.69 Å². The molecular formula is C16H13N3O3. The van der Waals surface area contributed by atoms with Crippen LogP contribution in [0.25, 0.3) is 10.9 Å². The molecule has 1 amide bonds. The molecule has 0 aliphatic heterocycles. The predicted molar refractivity (Wildman–Crippen MR) is 83.3 cm³/mol. The number of carbonyl (C=O) groups is 1. The van der Waals surface area contributed by atoms with Crippen LogP contribution in [0.3, 0.4) is 0 Å². The maximum absolute atomic E-state index is 12.5. The second-order valence-corrected chi connectivity index (χ2v) is 4.60. The zero-order valence-electron chi connectivity index (χ0n) is 11.8. The maximum atomic E-state index is 12.5. The van der Waals surface area contributed by atoms with Crippen molar-refractivity contribution in [3.63, 3.8) is 0 Å². The number of ether oxygens (including phenoxy) is 1. The molecule has 3 aromatic rings. The molecule has 2 heterocycles. The van der Waals surface area contributed by atoms with Crippen molar-refractivity contribution in [2.24, 2.45) is 0 Å². The summed E-state index contributed by atoms with van der Waals surface area (Å²) in [6, 6.07) is 8.40. The third kappa shape index (κ3) is 2.42. The minimum absolute atomic E-state index is 0.0394. The van der Waals surface area contributed by atoms with Crippen molar-refractivity contribution in [3.05, 3.63) is 64.7 Å². The van der Waals surface area contributed by atoms with Gasteiger partial charge in [0.2, 0.25) is 5.43 Å². The number of nitrogens with one attached hydrogen (secondary N) is 2. The van der Waals surface area contributed by atoms with Crippen LogP contribution < -0.4 is 15.5 Å². The number of amides is 1. The first-order valence-electron chi connectivity index (χ1n) is 6.60. The number of carbonyl (C=O) groups excluding carboxylic acids is 1. The maximum Gasteiger partial charge on any atom is 0.261 e. The molecule has 0 saturated carbocycles. The summed E-state index contributed by atoms with van der Waals surface area (Å²) in [6.07, 6.45) is 4.51. The molecule has 22 heavy (non-hydrogen) atoms. The second-order valence-electron chi connectivity index (χ2n) is 4.60. The van der Waals surface area contributed by atoms with E-state index in [4.69, 9.17) is 4.74 Å². The average Bonchev–Trinajstić information content (AvgIpc) is 2.55. The number of aromatic nitrogens is 2. The lowest BCUT2D eigenvalue weighted by Gasteiger charge is -2.07. The monoisotopic (exact) mass is 295 g/mol. The van der Waals surface area contributed by atoms with Crippen LogP contribution in [0.2, 0.25) is 0 Å². The minimum atomic E-state index is -0.475. The molecule has 0 aliphatic rings. The fourth-order valence-electron chi connectivity index (χ4n) is 2.20. The molecule has 0 bridgehead atoms. The zero-order chi connectivity index (χ0) is 15.5. The number of H-pyrrole nitrogens is 1. The van der Waals surface area contributed by atoms with Gasteiger partial charge < -0.3 is 15.0 Å². The van der Waals surface area contributed by atoms with Crippen LogP contribution in [0.15, 0.2) is 53.7 Å². The van der Waals surface area contributed by atoms with E-state index in [1.54, 1.807) is 42.7 Å². The van der Waals surface area contributed by atoms with E-state index in [1.807, 2.05) is 0 Å². The highest BCUT2D eigenvalue weighted by atomic mass is 16.5. The Labute approximate surface area is 125 Å². The molecular weight excluding hydrogens is 282 g/mol. The van der Waals surface area contributed by atoms with Crippen molar-refractivity contribution in [1.29, 1.82) is 0 Å². The molecule has 0 aliphatic carbocycles. The molecule has 0 saturated heterocycles. The lowest BCUT2D eigenvalue weighted by atomic mass is 10.1. The van der Waals surface area contributed by atoms with E-state index in [0.29, 0.717) is 22.3 Å². The summed E-state index contributed by atoms with van der Waals surface area (Å²) in [6.45, 7) is 0. The molecule has 0 unspecified atom stereocenters. The molecule has 2 N–H and O–H groups in total. The van der Waals surface area contributed by atoms with Gasteiger partial charge in [-0.2, -0.15) is 0 Å². The fraction of sp³-hybridized carbons (Fsp3) is 0.0625. The van der Waals surface area contributed by atoms with E-state index in [1.165, 1.54) is 13.3 Å². The largest absolute Gasteiger partial charge is 0.495 e. The highest BCUT2D eigenvalue weighted by Crippen LogP contribution is 2.21. The third-order valence-corrected chi connectivity index (χ3v) is 3.28. The molecule has 0 spiro atoms. The van der Waals surface area contributed by atoms with E-state index in [9.17, 15) is 9.59 Å². The normalized spacial score (nSPS) is 10.4. The molecule has 110 valence electrons. The van der Waals surface area contributed by atoms with Gasteiger partial charge >= 0.3 is 0 Å². The van der Waals surface area contributed by atoms with Gasteiger partial charge in [0.15, 0.2) is 0 Å². The molecule has 0 atom stereocenters. The van der Waals surface area contributed by atoms with E-state index in [0.717, 1.165) is 0 Å². The summed E-state index contributed by atoms with van der Waals surface area (Å²) in [5.74, 6) is 0.0767. The number of anilines is 1. The number of rotatable bonds is 3. The van der Waals surface area contributed by atoms with Crippen LogP contribution in [0.1, 0.15) is 10.4 Å². The smallest absolute Gasteiger partial charge is 0.261 e. The lowest BCUT2D eigenvalue weighted by molar-refractivity contribution is 0.102. The number of hydrogen-bond donors (Lipinski definition) is 2. The first-order chi connectivity index (χ1) is 10.7. The van der Waals surface area contributed by atoms with Gasteiger partial charge in [0.05, 0.1) is 18.0 Å². The van der Waals surface area contributed by atoms with Crippen LogP contribution in [0.5, 0.6) is 5.75 Å². The number of fused-ring (bicyclic) bond motifs is 1. The quantitative estimate of drug-likeness (QED) is 0.775. The lowest BCUT2D eigenvalue weighted by Crippen LogP contribution is -2.22. The molecule has 1 aromatic carbocycles. The number of pyridine rings is 2. The first-order valence-corrected chi connectivity index (χ1v) is 6.60. The van der Waals surface area contributed by atoms with Gasteiger partial charge in [-0.1, -0.05) is 6.07 Å². The van der Waals surface area contributed by atoms with Crippen molar-refractivity contribution in [1.82, 2.24) is 9.97 Å².